The van der Waals surface area contributed by atoms with Gasteiger partial charge < -0.3 is 4.90 Å². The van der Waals surface area contributed by atoms with Crippen molar-refractivity contribution in [3.05, 3.63) is 58.1 Å². The van der Waals surface area contributed by atoms with Crippen LogP contribution < -0.4 is 4.31 Å². The molecule has 0 saturated carbocycles. The molecule has 0 N–H and O–H groups in total. The highest BCUT2D eigenvalue weighted by Gasteiger charge is 2.34. The molecule has 0 spiro atoms. The van der Waals surface area contributed by atoms with E-state index in [4.69, 9.17) is 11.6 Å². The topological polar surface area (TPSA) is 53.0 Å². The molecule has 164 valence electrons. The first kappa shape index (κ1) is 24.0. The van der Waals surface area contributed by atoms with Gasteiger partial charge in [0.05, 0.1) is 41.1 Å². The number of rotatable bonds is 7. The van der Waals surface area contributed by atoms with Crippen LogP contribution in [0.4, 0.5) is 24.5 Å². The minimum atomic E-state index is -4.60. The van der Waals surface area contributed by atoms with E-state index in [1.807, 2.05) is 18.9 Å². The van der Waals surface area contributed by atoms with Crippen LogP contribution in [0.1, 0.15) is 23.6 Å². The largest absolute Gasteiger partial charge is 0.416 e. The molecule has 0 aliphatic rings. The number of sulfonamides is 1. The van der Waals surface area contributed by atoms with E-state index in [1.54, 1.807) is 19.3 Å². The fourth-order valence-electron chi connectivity index (χ4n) is 2.74. The van der Waals surface area contributed by atoms with Crippen LogP contribution in [0.2, 0.25) is 5.02 Å². The maximum Gasteiger partial charge on any atom is 0.416 e. The monoisotopic (exact) mass is 461 g/mol. The van der Waals surface area contributed by atoms with Gasteiger partial charge in [-0.1, -0.05) is 29.8 Å². The average molecular weight is 462 g/mol. The number of anilines is 1. The fourth-order valence-corrected chi connectivity index (χ4v) is 3.87. The molecule has 10 heteroatoms. The smallest absolute Gasteiger partial charge is 0.366 e. The van der Waals surface area contributed by atoms with Crippen molar-refractivity contribution in [1.82, 2.24) is 4.90 Å². The number of nitrogens with zero attached hydrogens (tertiary/aromatic N) is 3. The Hall–Kier alpha value is -2.26. The Balaban J connectivity index is 2.53. The average Bonchev–Trinajstić information content (AvgIpc) is 2.65. The van der Waals surface area contributed by atoms with Crippen molar-refractivity contribution < 1.29 is 21.6 Å². The Bertz CT molecular complexity index is 1040. The standard InChI is InChI=1S/C20H23ClF3N3O2S/c1-5-26(3)13-25-18-10-14(2)19(11-17(18)21)27(30(4,28)29)12-15-8-6-7-9-16(15)20(22,23)24/h6-11,13H,5,12H2,1-4H3. The summed E-state index contributed by atoms with van der Waals surface area (Å²) in [6.07, 6.45) is -2.07. The molecule has 0 aromatic heterocycles. The molecule has 0 aliphatic heterocycles. The number of alkyl halides is 3. The summed E-state index contributed by atoms with van der Waals surface area (Å²) < 4.78 is 65.9. The van der Waals surface area contributed by atoms with Crippen LogP contribution in [0.5, 0.6) is 0 Å². The van der Waals surface area contributed by atoms with Gasteiger partial charge in [0.15, 0.2) is 0 Å². The fraction of sp³-hybridized carbons (Fsp3) is 0.350. The highest BCUT2D eigenvalue weighted by Crippen LogP contribution is 2.37. The van der Waals surface area contributed by atoms with Crippen LogP contribution in [0.15, 0.2) is 41.4 Å². The molecule has 0 aliphatic carbocycles. The summed E-state index contributed by atoms with van der Waals surface area (Å²) in [6.45, 7) is 3.86. The van der Waals surface area contributed by atoms with Crippen molar-refractivity contribution in [2.45, 2.75) is 26.6 Å². The molecule has 0 radical (unpaired) electrons. The molecule has 2 rings (SSSR count). The van der Waals surface area contributed by atoms with Crippen LogP contribution in [-0.4, -0.2) is 39.5 Å². The highest BCUT2D eigenvalue weighted by molar-refractivity contribution is 7.92. The molecule has 0 unspecified atom stereocenters. The Morgan fingerprint density at radius 1 is 1.20 bits per heavy atom. The lowest BCUT2D eigenvalue weighted by Gasteiger charge is -2.26. The Morgan fingerprint density at radius 3 is 2.40 bits per heavy atom. The van der Waals surface area contributed by atoms with E-state index >= 15 is 0 Å². The Labute approximate surface area is 179 Å². The zero-order chi connectivity index (χ0) is 22.7. The molecule has 0 fully saturated rings. The second-order valence-corrected chi connectivity index (χ2v) is 9.15. The van der Waals surface area contributed by atoms with Crippen molar-refractivity contribution in [2.75, 3.05) is 24.2 Å². The van der Waals surface area contributed by atoms with Gasteiger partial charge in [-0.05, 0) is 43.2 Å². The van der Waals surface area contributed by atoms with Crippen molar-refractivity contribution in [2.24, 2.45) is 4.99 Å². The van der Waals surface area contributed by atoms with Crippen LogP contribution in [0.3, 0.4) is 0 Å². The molecule has 5 nitrogen and oxygen atoms in total. The molecule has 0 saturated heterocycles. The Morgan fingerprint density at radius 2 is 1.83 bits per heavy atom. The van der Waals surface area contributed by atoms with Crippen molar-refractivity contribution in [3.8, 4) is 0 Å². The zero-order valence-electron chi connectivity index (χ0n) is 17.0. The molecular weight excluding hydrogens is 439 g/mol. The van der Waals surface area contributed by atoms with Gasteiger partial charge in [-0.15, -0.1) is 0 Å². The second-order valence-electron chi connectivity index (χ2n) is 6.83. The van der Waals surface area contributed by atoms with Gasteiger partial charge in [0.25, 0.3) is 0 Å². The van der Waals surface area contributed by atoms with Gasteiger partial charge in [-0.3, -0.25) is 4.31 Å². The predicted molar refractivity (Wildman–Crippen MR) is 115 cm³/mol. The zero-order valence-corrected chi connectivity index (χ0v) is 18.6. The second kappa shape index (κ2) is 9.26. The summed E-state index contributed by atoms with van der Waals surface area (Å²) in [6, 6.07) is 7.90. The first-order chi connectivity index (χ1) is 13.8. The van der Waals surface area contributed by atoms with Crippen LogP contribution >= 0.6 is 11.6 Å². The molecular formula is C20H23ClF3N3O2S. The summed E-state index contributed by atoms with van der Waals surface area (Å²) in [5.74, 6) is 0. The normalized spacial score (nSPS) is 12.4. The quantitative estimate of drug-likeness (QED) is 0.418. The maximum absolute atomic E-state index is 13.4. The number of hydrogen-bond donors (Lipinski definition) is 0. The summed E-state index contributed by atoms with van der Waals surface area (Å²) in [5.41, 5.74) is 0.106. The lowest BCUT2D eigenvalue weighted by Crippen LogP contribution is -2.31. The number of hydrogen-bond acceptors (Lipinski definition) is 3. The Kier molecular flexibility index (Phi) is 7.41. The van der Waals surface area contributed by atoms with Crippen LogP contribution in [0.25, 0.3) is 0 Å². The summed E-state index contributed by atoms with van der Waals surface area (Å²) in [7, 11) is -2.06. The molecule has 0 atom stereocenters. The van der Waals surface area contributed by atoms with E-state index in [0.29, 0.717) is 11.3 Å². The lowest BCUT2D eigenvalue weighted by molar-refractivity contribution is -0.138. The SMILES string of the molecule is CCN(C)C=Nc1cc(C)c(N(Cc2ccccc2C(F)(F)F)S(C)(=O)=O)cc1Cl. The van der Waals surface area contributed by atoms with Gasteiger partial charge in [-0.2, -0.15) is 13.2 Å². The third-order valence-electron chi connectivity index (χ3n) is 4.46. The van der Waals surface area contributed by atoms with Gasteiger partial charge >= 0.3 is 6.18 Å². The van der Waals surface area contributed by atoms with E-state index in [1.165, 1.54) is 24.3 Å². The molecule has 30 heavy (non-hydrogen) atoms. The molecule has 0 amide bonds. The molecule has 2 aromatic rings. The van der Waals surface area contributed by atoms with Crippen molar-refractivity contribution in [1.29, 1.82) is 0 Å². The third-order valence-corrected chi connectivity index (χ3v) is 5.89. The van der Waals surface area contributed by atoms with E-state index in [0.717, 1.165) is 23.2 Å². The minimum Gasteiger partial charge on any atom is -0.366 e. The molecule has 0 heterocycles. The lowest BCUT2D eigenvalue weighted by atomic mass is 10.1. The number of aryl methyl sites for hydroxylation is 1. The molecule has 2 aromatic carbocycles. The maximum atomic E-state index is 13.4. The first-order valence-electron chi connectivity index (χ1n) is 9.02. The van der Waals surface area contributed by atoms with Crippen molar-refractivity contribution in [3.63, 3.8) is 0 Å². The van der Waals surface area contributed by atoms with Crippen LogP contribution in [-0.2, 0) is 22.7 Å². The van der Waals surface area contributed by atoms with Gasteiger partial charge in [0.2, 0.25) is 10.0 Å². The third kappa shape index (κ3) is 5.89. The van der Waals surface area contributed by atoms with E-state index in [9.17, 15) is 21.6 Å². The van der Waals surface area contributed by atoms with E-state index in [-0.39, 0.29) is 16.3 Å². The summed E-state index contributed by atoms with van der Waals surface area (Å²) in [4.78, 5) is 6.11. The van der Waals surface area contributed by atoms with Gasteiger partial charge in [-0.25, -0.2) is 13.4 Å². The highest BCUT2D eigenvalue weighted by atomic mass is 35.5. The van der Waals surface area contributed by atoms with Crippen molar-refractivity contribution >= 4 is 39.3 Å². The summed E-state index contributed by atoms with van der Waals surface area (Å²) >= 11 is 6.30. The van der Waals surface area contributed by atoms with Crippen LogP contribution in [0, 0.1) is 6.92 Å². The first-order valence-corrected chi connectivity index (χ1v) is 11.2. The van der Waals surface area contributed by atoms with Gasteiger partial charge in [0.1, 0.15) is 0 Å². The summed E-state index contributed by atoms with van der Waals surface area (Å²) in [5, 5.41) is 0.189. The number of halogens is 4. The minimum absolute atomic E-state index is 0.155. The number of benzene rings is 2. The van der Waals surface area contributed by atoms with Gasteiger partial charge in [0, 0.05) is 13.6 Å². The number of aliphatic imine (C=N–C) groups is 1. The van der Waals surface area contributed by atoms with E-state index in [2.05, 4.69) is 4.99 Å². The molecule has 0 bridgehead atoms. The van der Waals surface area contributed by atoms with E-state index < -0.39 is 28.3 Å². The predicted octanol–water partition coefficient (Wildman–Crippen LogP) is 5.24.